The van der Waals surface area contributed by atoms with Crippen LogP contribution in [0.2, 0.25) is 0 Å². The molecule has 0 radical (unpaired) electrons. The van der Waals surface area contributed by atoms with Gasteiger partial charge in [0.1, 0.15) is 4.90 Å². The molecule has 2 atom stereocenters. The molecule has 0 spiro atoms. The molecule has 0 saturated carbocycles. The molecule has 6 heteroatoms. The van der Waals surface area contributed by atoms with Crippen LogP contribution in [0.4, 0.5) is 5.69 Å². The van der Waals surface area contributed by atoms with Gasteiger partial charge in [-0.05, 0) is 31.4 Å². The summed E-state index contributed by atoms with van der Waals surface area (Å²) in [4.78, 5) is 0.375. The van der Waals surface area contributed by atoms with Crippen LogP contribution in [-0.4, -0.2) is 44.6 Å². The van der Waals surface area contributed by atoms with Gasteiger partial charge in [0.15, 0.2) is 0 Å². The zero-order valence-electron chi connectivity index (χ0n) is 12.3. The highest BCUT2D eigenvalue weighted by Gasteiger charge is 2.39. The summed E-state index contributed by atoms with van der Waals surface area (Å²) in [5, 5.41) is 3.21. The van der Waals surface area contributed by atoms with E-state index in [0.717, 1.165) is 25.8 Å². The first-order chi connectivity index (χ1) is 10.1. The number of ether oxygens (including phenoxy) is 1. The lowest BCUT2D eigenvalue weighted by atomic mass is 10.2. The molecule has 21 heavy (non-hydrogen) atoms. The third-order valence-corrected chi connectivity index (χ3v) is 5.97. The second kappa shape index (κ2) is 5.94. The van der Waals surface area contributed by atoms with Crippen LogP contribution >= 0.6 is 0 Å². The Morgan fingerprint density at radius 3 is 2.57 bits per heavy atom. The van der Waals surface area contributed by atoms with Gasteiger partial charge in [-0.3, -0.25) is 0 Å². The van der Waals surface area contributed by atoms with Crippen molar-refractivity contribution < 1.29 is 13.2 Å². The monoisotopic (exact) mass is 310 g/mol. The average molecular weight is 310 g/mol. The van der Waals surface area contributed by atoms with Gasteiger partial charge in [0, 0.05) is 19.6 Å². The maximum atomic E-state index is 12.9. The number of anilines is 1. The Labute approximate surface area is 126 Å². The summed E-state index contributed by atoms with van der Waals surface area (Å²) in [5.74, 6) is 0. The molecule has 0 aliphatic carbocycles. The quantitative estimate of drug-likeness (QED) is 0.904. The second-order valence-electron chi connectivity index (χ2n) is 5.70. The van der Waals surface area contributed by atoms with Crippen LogP contribution in [0.3, 0.4) is 0 Å². The summed E-state index contributed by atoms with van der Waals surface area (Å²) in [7, 11) is -3.46. The molecule has 2 aliphatic rings. The van der Waals surface area contributed by atoms with Crippen molar-refractivity contribution in [2.45, 2.75) is 43.3 Å². The number of hydrogen-bond acceptors (Lipinski definition) is 4. The Morgan fingerprint density at radius 1 is 1.24 bits per heavy atom. The molecular weight excluding hydrogens is 288 g/mol. The van der Waals surface area contributed by atoms with E-state index in [4.69, 9.17) is 4.74 Å². The molecule has 1 aromatic carbocycles. The first-order valence-electron chi connectivity index (χ1n) is 7.59. The summed E-state index contributed by atoms with van der Waals surface area (Å²) >= 11 is 0. The number of nitrogens with zero attached hydrogens (tertiary/aromatic N) is 1. The maximum Gasteiger partial charge on any atom is 0.245 e. The molecule has 1 N–H and O–H groups in total. The molecule has 5 nitrogen and oxygen atoms in total. The lowest BCUT2D eigenvalue weighted by Gasteiger charge is -2.31. The third-order valence-electron chi connectivity index (χ3n) is 4.08. The predicted molar refractivity (Wildman–Crippen MR) is 81.9 cm³/mol. The molecular formula is C15H22N2O3S. The van der Waals surface area contributed by atoms with Gasteiger partial charge in [0.2, 0.25) is 10.0 Å². The van der Waals surface area contributed by atoms with Gasteiger partial charge in [0.05, 0.1) is 17.9 Å². The van der Waals surface area contributed by atoms with Gasteiger partial charge >= 0.3 is 0 Å². The van der Waals surface area contributed by atoms with E-state index < -0.39 is 10.0 Å². The number of para-hydroxylation sites is 1. The van der Waals surface area contributed by atoms with Gasteiger partial charge in [-0.25, -0.2) is 8.42 Å². The molecule has 1 aromatic rings. The van der Waals surface area contributed by atoms with Gasteiger partial charge in [0.25, 0.3) is 0 Å². The standard InChI is InChI=1S/C15H22N2O3S/c1-2-9-16-14-5-3-4-6-15(14)21(18,19)17-10-12-7-8-13(11-17)20-12/h3-6,12-13,16H,2,7-11H2,1H3. The normalized spacial score (nSPS) is 26.0. The minimum absolute atomic E-state index is 0.0642. The summed E-state index contributed by atoms with van der Waals surface area (Å²) < 4.78 is 33.2. The molecule has 2 aliphatic heterocycles. The molecule has 2 heterocycles. The van der Waals surface area contributed by atoms with E-state index in [0.29, 0.717) is 23.7 Å². The van der Waals surface area contributed by atoms with Crippen LogP contribution < -0.4 is 5.32 Å². The van der Waals surface area contributed by atoms with E-state index >= 15 is 0 Å². The summed E-state index contributed by atoms with van der Waals surface area (Å²) in [6.45, 7) is 3.77. The number of morpholine rings is 1. The molecule has 3 rings (SSSR count). The highest BCUT2D eigenvalue weighted by atomic mass is 32.2. The minimum Gasteiger partial charge on any atom is -0.384 e. The lowest BCUT2D eigenvalue weighted by molar-refractivity contribution is -0.0114. The fraction of sp³-hybridized carbons (Fsp3) is 0.600. The first kappa shape index (κ1) is 14.8. The third kappa shape index (κ3) is 2.93. The Kier molecular flexibility index (Phi) is 4.19. The van der Waals surface area contributed by atoms with Crippen LogP contribution in [0.1, 0.15) is 26.2 Å². The molecule has 0 aromatic heterocycles. The average Bonchev–Trinajstić information content (AvgIpc) is 2.83. The minimum atomic E-state index is -3.46. The molecule has 2 saturated heterocycles. The van der Waals surface area contributed by atoms with Crippen molar-refractivity contribution in [3.8, 4) is 0 Å². The van der Waals surface area contributed by atoms with Crippen LogP contribution in [0, 0.1) is 0 Å². The topological polar surface area (TPSA) is 58.6 Å². The summed E-state index contributed by atoms with van der Waals surface area (Å²) in [6, 6.07) is 7.15. The van der Waals surface area contributed by atoms with E-state index in [1.807, 2.05) is 12.1 Å². The van der Waals surface area contributed by atoms with Crippen molar-refractivity contribution in [2.24, 2.45) is 0 Å². The molecule has 0 amide bonds. The molecule has 2 unspecified atom stereocenters. The van der Waals surface area contributed by atoms with E-state index in [-0.39, 0.29) is 12.2 Å². The number of fused-ring (bicyclic) bond motifs is 2. The predicted octanol–water partition coefficient (Wildman–Crippen LogP) is 2.06. The highest BCUT2D eigenvalue weighted by Crippen LogP contribution is 2.32. The Bertz CT molecular complexity index is 591. The zero-order valence-corrected chi connectivity index (χ0v) is 13.1. The van der Waals surface area contributed by atoms with E-state index in [1.54, 1.807) is 16.4 Å². The zero-order chi connectivity index (χ0) is 14.9. The Morgan fingerprint density at radius 2 is 1.90 bits per heavy atom. The fourth-order valence-electron chi connectivity index (χ4n) is 3.01. The van der Waals surface area contributed by atoms with Crippen molar-refractivity contribution in [3.63, 3.8) is 0 Å². The van der Waals surface area contributed by atoms with Crippen LogP contribution in [0.5, 0.6) is 0 Å². The molecule has 2 fully saturated rings. The number of sulfonamides is 1. The smallest absolute Gasteiger partial charge is 0.245 e. The van der Waals surface area contributed by atoms with Crippen molar-refractivity contribution in [1.82, 2.24) is 4.31 Å². The van der Waals surface area contributed by atoms with E-state index in [9.17, 15) is 8.42 Å². The second-order valence-corrected chi connectivity index (χ2v) is 7.61. The highest BCUT2D eigenvalue weighted by molar-refractivity contribution is 7.89. The van der Waals surface area contributed by atoms with Crippen molar-refractivity contribution in [1.29, 1.82) is 0 Å². The Balaban J connectivity index is 1.88. The lowest BCUT2D eigenvalue weighted by Crippen LogP contribution is -2.45. The molecule has 2 bridgehead atoms. The van der Waals surface area contributed by atoms with Gasteiger partial charge in [-0.1, -0.05) is 19.1 Å². The van der Waals surface area contributed by atoms with Crippen LogP contribution in [0.15, 0.2) is 29.2 Å². The number of rotatable bonds is 5. The number of nitrogens with one attached hydrogen (secondary N) is 1. The SMILES string of the molecule is CCCNc1ccccc1S(=O)(=O)N1CC2CCC(C1)O2. The van der Waals surface area contributed by atoms with Crippen molar-refractivity contribution in [3.05, 3.63) is 24.3 Å². The van der Waals surface area contributed by atoms with Gasteiger partial charge in [-0.15, -0.1) is 0 Å². The summed E-state index contributed by atoms with van der Waals surface area (Å²) in [5.41, 5.74) is 0.693. The van der Waals surface area contributed by atoms with Crippen LogP contribution in [-0.2, 0) is 14.8 Å². The largest absolute Gasteiger partial charge is 0.384 e. The Hall–Kier alpha value is -1.11. The number of hydrogen-bond donors (Lipinski definition) is 1. The van der Waals surface area contributed by atoms with Gasteiger partial charge < -0.3 is 10.1 Å². The maximum absolute atomic E-state index is 12.9. The molecule has 116 valence electrons. The van der Waals surface area contributed by atoms with E-state index in [1.165, 1.54) is 0 Å². The van der Waals surface area contributed by atoms with E-state index in [2.05, 4.69) is 12.2 Å². The number of benzene rings is 1. The van der Waals surface area contributed by atoms with Crippen molar-refractivity contribution >= 4 is 15.7 Å². The van der Waals surface area contributed by atoms with Crippen LogP contribution in [0.25, 0.3) is 0 Å². The first-order valence-corrected chi connectivity index (χ1v) is 9.03. The van der Waals surface area contributed by atoms with Gasteiger partial charge in [-0.2, -0.15) is 4.31 Å². The van der Waals surface area contributed by atoms with Crippen molar-refractivity contribution in [2.75, 3.05) is 25.0 Å². The summed E-state index contributed by atoms with van der Waals surface area (Å²) in [6.07, 6.45) is 3.01. The fourth-order valence-corrected chi connectivity index (χ4v) is 4.68.